The van der Waals surface area contributed by atoms with Crippen LogP contribution in [0.15, 0.2) is 29.1 Å². The summed E-state index contributed by atoms with van der Waals surface area (Å²) in [6.07, 6.45) is 4.37. The van der Waals surface area contributed by atoms with Crippen molar-refractivity contribution in [3.63, 3.8) is 0 Å². The van der Waals surface area contributed by atoms with Gasteiger partial charge in [-0.25, -0.2) is 0 Å². The summed E-state index contributed by atoms with van der Waals surface area (Å²) in [7, 11) is 0. The lowest BCUT2D eigenvalue weighted by Crippen LogP contribution is -2.66. The summed E-state index contributed by atoms with van der Waals surface area (Å²) in [6.45, 7) is 9.34. The van der Waals surface area contributed by atoms with Crippen LogP contribution in [0.4, 0.5) is 0 Å². The highest BCUT2D eigenvalue weighted by Gasteiger charge is 2.51. The van der Waals surface area contributed by atoms with Crippen molar-refractivity contribution in [3.05, 3.63) is 52.2 Å². The summed E-state index contributed by atoms with van der Waals surface area (Å²) in [5.74, 6) is 0. The van der Waals surface area contributed by atoms with Gasteiger partial charge in [-0.3, -0.25) is 4.79 Å². The smallest absolute Gasteiger partial charge is 0.251 e. The van der Waals surface area contributed by atoms with Crippen LogP contribution in [0.25, 0.3) is 10.9 Å². The zero-order valence-corrected chi connectivity index (χ0v) is 16.3. The maximum absolute atomic E-state index is 12.5. The molecule has 4 rings (SSSR count). The van der Waals surface area contributed by atoms with Gasteiger partial charge in [0, 0.05) is 11.6 Å². The second-order valence-electron chi connectivity index (χ2n) is 9.11. The Morgan fingerprint density at radius 2 is 1.89 bits per heavy atom. The Morgan fingerprint density at radius 3 is 2.52 bits per heavy atom. The molecule has 1 aromatic heterocycles. The number of nitriles is 1. The van der Waals surface area contributed by atoms with E-state index in [0.29, 0.717) is 17.7 Å². The number of rotatable bonds is 2. The van der Waals surface area contributed by atoms with Gasteiger partial charge in [0.15, 0.2) is 5.60 Å². The number of hydrogen-bond acceptors (Lipinski definition) is 3. The fourth-order valence-electron chi connectivity index (χ4n) is 5.08. The number of nitrogens with zero attached hydrogens (tertiary/aromatic N) is 3. The fourth-order valence-corrected chi connectivity index (χ4v) is 5.08. The summed E-state index contributed by atoms with van der Waals surface area (Å²) >= 11 is 0. The van der Waals surface area contributed by atoms with E-state index >= 15 is 0 Å². The topological polar surface area (TPSA) is 66.0 Å². The number of benzene rings is 1. The lowest BCUT2D eigenvalue weighted by molar-refractivity contribution is -0.979. The minimum Gasteiger partial charge on any atom is -0.377 e. The third-order valence-corrected chi connectivity index (χ3v) is 6.67. The highest BCUT2D eigenvalue weighted by Crippen LogP contribution is 2.43. The maximum atomic E-state index is 12.5. The van der Waals surface area contributed by atoms with Gasteiger partial charge in [0.1, 0.15) is 6.54 Å². The molecular formula is C22H27N3O2+. The molecular weight excluding hydrogens is 338 g/mol. The summed E-state index contributed by atoms with van der Waals surface area (Å²) in [4.78, 5) is 12.5. The van der Waals surface area contributed by atoms with Gasteiger partial charge in [-0.2, -0.15) is 5.26 Å². The number of piperidine rings is 1. The number of pyridine rings is 1. The molecule has 0 amide bonds. The molecule has 141 valence electrons. The molecule has 1 unspecified atom stereocenters. The molecule has 0 spiro atoms. The molecule has 5 nitrogen and oxygen atoms in total. The van der Waals surface area contributed by atoms with Crippen molar-refractivity contribution >= 4 is 10.9 Å². The molecule has 27 heavy (non-hydrogen) atoms. The van der Waals surface area contributed by atoms with E-state index in [9.17, 15) is 15.2 Å². The molecule has 5 heteroatoms. The van der Waals surface area contributed by atoms with Gasteiger partial charge in [0.25, 0.3) is 5.56 Å². The number of likely N-dealkylation sites (tertiary alicyclic amines) is 1. The zero-order chi connectivity index (χ0) is 19.4. The van der Waals surface area contributed by atoms with Crippen LogP contribution in [0.1, 0.15) is 44.7 Å². The molecule has 2 aromatic rings. The Kier molecular flexibility index (Phi) is 3.99. The van der Waals surface area contributed by atoms with Crippen molar-refractivity contribution < 1.29 is 9.59 Å². The number of aliphatic hydroxyl groups is 1. The van der Waals surface area contributed by atoms with Gasteiger partial charge in [-0.15, -0.1) is 0 Å². The zero-order valence-electron chi connectivity index (χ0n) is 16.3. The Labute approximate surface area is 160 Å². The van der Waals surface area contributed by atoms with Crippen LogP contribution >= 0.6 is 0 Å². The highest BCUT2D eigenvalue weighted by atomic mass is 16.3. The quantitative estimate of drug-likeness (QED) is 0.832. The van der Waals surface area contributed by atoms with Gasteiger partial charge in [-0.1, -0.05) is 6.07 Å². The summed E-state index contributed by atoms with van der Waals surface area (Å²) < 4.78 is 2.44. The summed E-state index contributed by atoms with van der Waals surface area (Å²) in [5, 5.41) is 22.5. The summed E-state index contributed by atoms with van der Waals surface area (Å²) in [6, 6.07) is 9.22. The molecule has 1 N–H and O–H groups in total. The summed E-state index contributed by atoms with van der Waals surface area (Å²) in [5.41, 5.74) is 0.449. The molecule has 3 heterocycles. The second kappa shape index (κ2) is 5.92. The Morgan fingerprint density at radius 1 is 1.22 bits per heavy atom. The van der Waals surface area contributed by atoms with E-state index < -0.39 is 5.60 Å². The van der Waals surface area contributed by atoms with E-state index in [0.717, 1.165) is 41.3 Å². The Bertz CT molecular complexity index is 1000. The number of hydrogen-bond donors (Lipinski definition) is 1. The molecule has 1 saturated heterocycles. The Balaban J connectivity index is 1.91. The standard InChI is InChI=1S/C22H27N3O2/c1-21(2,3)25(11-5-4-6-12-25)15-22(27)14-24-18(26)10-9-16-7-8-17(13-23)19(22)20(16)24/h4,7-10,27H,5-6,11-12,14-15H2,1-3H3/q+1. The first kappa shape index (κ1) is 18.2. The SMILES string of the molecule is CC(C)(C)[N+]1(CC2(O)Cn3c(=O)ccc4ccc(C#N)c2c43)CC[CH]CC1. The number of quaternary nitrogens is 1. The average Bonchev–Trinajstić information content (AvgIpc) is 2.93. The molecule has 1 atom stereocenters. The van der Waals surface area contributed by atoms with Crippen LogP contribution < -0.4 is 5.56 Å². The van der Waals surface area contributed by atoms with Crippen molar-refractivity contribution in [1.82, 2.24) is 4.57 Å². The monoisotopic (exact) mass is 365 g/mol. The first-order valence-corrected chi connectivity index (χ1v) is 9.68. The molecule has 0 aliphatic carbocycles. The largest absolute Gasteiger partial charge is 0.377 e. The predicted molar refractivity (Wildman–Crippen MR) is 105 cm³/mol. The van der Waals surface area contributed by atoms with E-state index in [2.05, 4.69) is 33.3 Å². The minimum atomic E-state index is -1.22. The first-order valence-electron chi connectivity index (χ1n) is 9.68. The lowest BCUT2D eigenvalue weighted by Gasteiger charge is -2.53. The van der Waals surface area contributed by atoms with Gasteiger partial charge < -0.3 is 14.2 Å². The van der Waals surface area contributed by atoms with Crippen LogP contribution in [0.2, 0.25) is 0 Å². The van der Waals surface area contributed by atoms with Crippen LogP contribution in [0.3, 0.4) is 0 Å². The molecule has 2 aliphatic heterocycles. The molecule has 0 bridgehead atoms. The molecule has 1 aromatic carbocycles. The van der Waals surface area contributed by atoms with E-state index in [1.165, 1.54) is 0 Å². The third kappa shape index (κ3) is 2.62. The van der Waals surface area contributed by atoms with E-state index in [1.54, 1.807) is 22.8 Å². The maximum Gasteiger partial charge on any atom is 0.251 e. The minimum absolute atomic E-state index is 0.0373. The normalized spacial score (nSPS) is 24.1. The highest BCUT2D eigenvalue weighted by molar-refractivity contribution is 5.87. The van der Waals surface area contributed by atoms with E-state index in [1.807, 2.05) is 6.07 Å². The predicted octanol–water partition coefficient (Wildman–Crippen LogP) is 2.69. The van der Waals surface area contributed by atoms with Crippen molar-refractivity contribution in [1.29, 1.82) is 5.26 Å². The molecule has 1 fully saturated rings. The van der Waals surface area contributed by atoms with Crippen molar-refractivity contribution in [2.75, 3.05) is 19.6 Å². The molecule has 0 saturated carbocycles. The van der Waals surface area contributed by atoms with Crippen molar-refractivity contribution in [3.8, 4) is 6.07 Å². The van der Waals surface area contributed by atoms with E-state index in [4.69, 9.17) is 0 Å². The van der Waals surface area contributed by atoms with Crippen molar-refractivity contribution in [2.24, 2.45) is 0 Å². The van der Waals surface area contributed by atoms with Crippen LogP contribution in [-0.2, 0) is 12.1 Å². The lowest BCUT2D eigenvalue weighted by atomic mass is 9.85. The van der Waals surface area contributed by atoms with Gasteiger partial charge in [0.2, 0.25) is 0 Å². The van der Waals surface area contributed by atoms with Gasteiger partial charge in [0.05, 0.1) is 42.3 Å². The second-order valence-corrected chi connectivity index (χ2v) is 9.11. The third-order valence-electron chi connectivity index (χ3n) is 6.67. The van der Waals surface area contributed by atoms with Gasteiger partial charge in [-0.05, 0) is 57.6 Å². The average molecular weight is 365 g/mol. The van der Waals surface area contributed by atoms with E-state index in [-0.39, 0.29) is 17.6 Å². The Hall–Kier alpha value is -2.16. The molecule has 1 radical (unpaired) electrons. The van der Waals surface area contributed by atoms with Crippen molar-refractivity contribution in [2.45, 2.75) is 51.3 Å². The molecule has 2 aliphatic rings. The van der Waals surface area contributed by atoms with Crippen LogP contribution in [0.5, 0.6) is 0 Å². The number of aromatic nitrogens is 1. The van der Waals surface area contributed by atoms with Crippen LogP contribution in [-0.4, -0.2) is 39.3 Å². The first-order chi connectivity index (χ1) is 12.7. The van der Waals surface area contributed by atoms with Crippen LogP contribution in [0, 0.1) is 17.8 Å². The fraction of sp³-hybridized carbons (Fsp3) is 0.500. The van der Waals surface area contributed by atoms with Gasteiger partial charge >= 0.3 is 0 Å².